The minimum absolute atomic E-state index is 0.141. The molecule has 1 heterocycles. The standard InChI is InChI=1S/C25H24N2O2/c1-18-7-5-10-20(15-18)16-24-25(28)27(14-6-11-19-8-3-2-4-9-19)22-17-21(26)12-13-23(22)29-24/h2-5,7-10,12-13,15-17H,6,11,14,26H2,1H3/b24-16+. The highest BCUT2D eigenvalue weighted by atomic mass is 16.5. The molecule has 4 nitrogen and oxygen atoms in total. The maximum absolute atomic E-state index is 13.2. The third-order valence-corrected chi connectivity index (χ3v) is 4.98. The zero-order chi connectivity index (χ0) is 20.2. The van der Waals surface area contributed by atoms with Gasteiger partial charge in [0.2, 0.25) is 0 Å². The van der Waals surface area contributed by atoms with E-state index >= 15 is 0 Å². The molecule has 3 aromatic carbocycles. The topological polar surface area (TPSA) is 55.6 Å². The highest BCUT2D eigenvalue weighted by Crippen LogP contribution is 2.37. The van der Waals surface area contributed by atoms with Gasteiger partial charge in [-0.15, -0.1) is 0 Å². The number of rotatable bonds is 5. The Morgan fingerprint density at radius 2 is 1.83 bits per heavy atom. The van der Waals surface area contributed by atoms with Crippen molar-refractivity contribution in [3.8, 4) is 5.75 Å². The number of nitrogens with two attached hydrogens (primary N) is 1. The van der Waals surface area contributed by atoms with Crippen molar-refractivity contribution in [3.63, 3.8) is 0 Å². The van der Waals surface area contributed by atoms with Crippen molar-refractivity contribution in [3.05, 3.63) is 95.2 Å². The number of carbonyl (C=O) groups excluding carboxylic acids is 1. The number of benzene rings is 3. The lowest BCUT2D eigenvalue weighted by molar-refractivity contribution is -0.117. The summed E-state index contributed by atoms with van der Waals surface area (Å²) in [5.74, 6) is 0.836. The Hall–Kier alpha value is -3.53. The van der Waals surface area contributed by atoms with E-state index in [4.69, 9.17) is 10.5 Å². The first-order valence-electron chi connectivity index (χ1n) is 9.82. The third-order valence-electron chi connectivity index (χ3n) is 4.98. The molecule has 3 aromatic rings. The Kier molecular flexibility index (Phi) is 5.34. The molecule has 4 rings (SSSR count). The fraction of sp³-hybridized carbons (Fsp3) is 0.160. The average Bonchev–Trinajstić information content (AvgIpc) is 2.72. The van der Waals surface area contributed by atoms with Crippen LogP contribution in [-0.2, 0) is 11.2 Å². The van der Waals surface area contributed by atoms with Crippen molar-refractivity contribution in [2.24, 2.45) is 0 Å². The van der Waals surface area contributed by atoms with Gasteiger partial charge in [0, 0.05) is 12.2 Å². The molecule has 1 aliphatic rings. The van der Waals surface area contributed by atoms with Crippen LogP contribution in [0, 0.1) is 6.92 Å². The fourth-order valence-electron chi connectivity index (χ4n) is 3.55. The van der Waals surface area contributed by atoms with Gasteiger partial charge in [-0.25, -0.2) is 0 Å². The molecule has 0 radical (unpaired) electrons. The number of hydrogen-bond donors (Lipinski definition) is 1. The first-order valence-corrected chi connectivity index (χ1v) is 9.82. The van der Waals surface area contributed by atoms with E-state index in [0.29, 0.717) is 23.7 Å². The van der Waals surface area contributed by atoms with Gasteiger partial charge in [0.15, 0.2) is 11.5 Å². The van der Waals surface area contributed by atoms with Gasteiger partial charge < -0.3 is 15.4 Å². The SMILES string of the molecule is Cc1cccc(/C=C2/Oc3ccc(N)cc3N(CCCc3ccccc3)C2=O)c1. The number of fused-ring (bicyclic) bond motifs is 1. The van der Waals surface area contributed by atoms with E-state index < -0.39 is 0 Å². The van der Waals surface area contributed by atoms with Gasteiger partial charge >= 0.3 is 0 Å². The number of anilines is 2. The number of ether oxygens (including phenoxy) is 1. The van der Waals surface area contributed by atoms with E-state index in [1.165, 1.54) is 5.56 Å². The number of hydrogen-bond acceptors (Lipinski definition) is 3. The fourth-order valence-corrected chi connectivity index (χ4v) is 3.55. The predicted octanol–water partition coefficient (Wildman–Crippen LogP) is 4.98. The smallest absolute Gasteiger partial charge is 0.294 e. The second kappa shape index (κ2) is 8.23. The Labute approximate surface area is 171 Å². The summed E-state index contributed by atoms with van der Waals surface area (Å²) >= 11 is 0. The third kappa shape index (κ3) is 4.32. The van der Waals surface area contributed by atoms with Crippen molar-refractivity contribution in [2.75, 3.05) is 17.2 Å². The monoisotopic (exact) mass is 384 g/mol. The normalized spacial score (nSPS) is 14.6. The number of aryl methyl sites for hydroxylation is 2. The molecule has 0 bridgehead atoms. The molecule has 0 fully saturated rings. The summed E-state index contributed by atoms with van der Waals surface area (Å²) in [6, 6.07) is 23.7. The zero-order valence-electron chi connectivity index (χ0n) is 16.5. The van der Waals surface area contributed by atoms with Crippen LogP contribution in [0.1, 0.15) is 23.1 Å². The summed E-state index contributed by atoms with van der Waals surface area (Å²) in [5.41, 5.74) is 10.6. The molecule has 1 aliphatic heterocycles. The van der Waals surface area contributed by atoms with E-state index in [2.05, 4.69) is 12.1 Å². The molecule has 0 saturated heterocycles. The molecule has 0 aliphatic carbocycles. The summed E-state index contributed by atoms with van der Waals surface area (Å²) in [4.78, 5) is 15.0. The van der Waals surface area contributed by atoms with Crippen LogP contribution < -0.4 is 15.4 Å². The predicted molar refractivity (Wildman–Crippen MR) is 118 cm³/mol. The van der Waals surface area contributed by atoms with Crippen molar-refractivity contribution in [1.82, 2.24) is 0 Å². The summed E-state index contributed by atoms with van der Waals surface area (Å²) < 4.78 is 5.95. The Morgan fingerprint density at radius 3 is 2.62 bits per heavy atom. The average molecular weight is 384 g/mol. The van der Waals surface area contributed by atoms with Crippen LogP contribution in [0.4, 0.5) is 11.4 Å². The van der Waals surface area contributed by atoms with Crippen molar-refractivity contribution in [2.45, 2.75) is 19.8 Å². The molecular formula is C25H24N2O2. The van der Waals surface area contributed by atoms with E-state index in [0.717, 1.165) is 29.7 Å². The van der Waals surface area contributed by atoms with Crippen LogP contribution in [0.2, 0.25) is 0 Å². The Balaban J connectivity index is 1.61. The molecule has 1 amide bonds. The summed E-state index contributed by atoms with van der Waals surface area (Å²) in [6.07, 6.45) is 3.56. The summed E-state index contributed by atoms with van der Waals surface area (Å²) in [5, 5.41) is 0. The van der Waals surface area contributed by atoms with Crippen LogP contribution in [0.25, 0.3) is 6.08 Å². The molecule has 0 unspecified atom stereocenters. The molecule has 0 atom stereocenters. The van der Waals surface area contributed by atoms with E-state index in [9.17, 15) is 4.79 Å². The van der Waals surface area contributed by atoms with E-state index in [1.807, 2.05) is 55.5 Å². The van der Waals surface area contributed by atoms with Crippen LogP contribution in [0.3, 0.4) is 0 Å². The van der Waals surface area contributed by atoms with E-state index in [-0.39, 0.29) is 5.91 Å². The quantitative estimate of drug-likeness (QED) is 0.499. The minimum atomic E-state index is -0.141. The van der Waals surface area contributed by atoms with Gasteiger partial charge in [0.05, 0.1) is 5.69 Å². The van der Waals surface area contributed by atoms with Crippen molar-refractivity contribution < 1.29 is 9.53 Å². The molecule has 29 heavy (non-hydrogen) atoms. The lowest BCUT2D eigenvalue weighted by Gasteiger charge is -2.31. The van der Waals surface area contributed by atoms with Gasteiger partial charge in [0.25, 0.3) is 5.91 Å². The lowest BCUT2D eigenvalue weighted by Crippen LogP contribution is -2.38. The highest BCUT2D eigenvalue weighted by molar-refractivity contribution is 6.10. The molecule has 2 N–H and O–H groups in total. The van der Waals surface area contributed by atoms with E-state index in [1.54, 1.807) is 23.1 Å². The zero-order valence-corrected chi connectivity index (χ0v) is 16.5. The molecule has 0 aromatic heterocycles. The second-order valence-corrected chi connectivity index (χ2v) is 7.30. The van der Waals surface area contributed by atoms with Crippen LogP contribution in [-0.4, -0.2) is 12.5 Å². The van der Waals surface area contributed by atoms with Gasteiger partial charge in [-0.3, -0.25) is 4.79 Å². The van der Waals surface area contributed by atoms with Crippen molar-refractivity contribution in [1.29, 1.82) is 0 Å². The molecular weight excluding hydrogens is 360 g/mol. The minimum Gasteiger partial charge on any atom is -0.449 e. The first-order chi connectivity index (χ1) is 14.1. The Morgan fingerprint density at radius 1 is 1.00 bits per heavy atom. The summed E-state index contributed by atoms with van der Waals surface area (Å²) in [6.45, 7) is 2.62. The highest BCUT2D eigenvalue weighted by Gasteiger charge is 2.30. The number of nitrogen functional groups attached to an aromatic ring is 1. The maximum Gasteiger partial charge on any atom is 0.294 e. The second-order valence-electron chi connectivity index (χ2n) is 7.30. The lowest BCUT2D eigenvalue weighted by atomic mass is 10.1. The largest absolute Gasteiger partial charge is 0.449 e. The van der Waals surface area contributed by atoms with Crippen molar-refractivity contribution >= 4 is 23.4 Å². The molecule has 0 saturated carbocycles. The van der Waals surface area contributed by atoms with Crippen LogP contribution in [0.15, 0.2) is 78.6 Å². The number of carbonyl (C=O) groups is 1. The Bertz CT molecular complexity index is 1060. The van der Waals surface area contributed by atoms with Gasteiger partial charge in [-0.1, -0.05) is 60.2 Å². The van der Waals surface area contributed by atoms with Crippen LogP contribution >= 0.6 is 0 Å². The van der Waals surface area contributed by atoms with Gasteiger partial charge in [-0.2, -0.15) is 0 Å². The number of amides is 1. The van der Waals surface area contributed by atoms with Crippen LogP contribution in [0.5, 0.6) is 5.75 Å². The van der Waals surface area contributed by atoms with Gasteiger partial charge in [-0.05, 0) is 55.2 Å². The summed E-state index contributed by atoms with van der Waals surface area (Å²) in [7, 11) is 0. The first kappa shape index (κ1) is 18.8. The molecule has 0 spiro atoms. The van der Waals surface area contributed by atoms with Gasteiger partial charge in [0.1, 0.15) is 0 Å². The maximum atomic E-state index is 13.2. The number of nitrogens with zero attached hydrogens (tertiary/aromatic N) is 1. The molecule has 146 valence electrons. The molecule has 4 heteroatoms.